The van der Waals surface area contributed by atoms with E-state index in [1.54, 1.807) is 24.3 Å². The van der Waals surface area contributed by atoms with Gasteiger partial charge in [0.1, 0.15) is 6.29 Å². The van der Waals surface area contributed by atoms with Gasteiger partial charge in [0.2, 0.25) is 5.96 Å². The summed E-state index contributed by atoms with van der Waals surface area (Å²) in [6.07, 6.45) is 2.23. The Morgan fingerprint density at radius 3 is 2.64 bits per heavy atom. The van der Waals surface area contributed by atoms with Crippen LogP contribution in [0.15, 0.2) is 34.5 Å². The highest BCUT2D eigenvalue weighted by Gasteiger charge is 1.90. The molecule has 4 N–H and O–H groups in total. The van der Waals surface area contributed by atoms with E-state index in [9.17, 15) is 4.79 Å². The molecule has 1 aromatic carbocycles. The number of nitrogens with zero attached hydrogens (tertiary/aromatic N) is 2. The van der Waals surface area contributed by atoms with Gasteiger partial charge in [0, 0.05) is 5.56 Å². The molecule has 0 radical (unpaired) electrons. The van der Waals surface area contributed by atoms with Gasteiger partial charge in [0.05, 0.1) is 6.21 Å². The molecule has 72 valence electrons. The monoisotopic (exact) mass is 190 g/mol. The molecular formula is C9H10N4O. The lowest BCUT2D eigenvalue weighted by molar-refractivity contribution is 0.112. The zero-order chi connectivity index (χ0) is 10.4. The Morgan fingerprint density at radius 1 is 1.29 bits per heavy atom. The van der Waals surface area contributed by atoms with Crippen molar-refractivity contribution in [3.8, 4) is 0 Å². The largest absolute Gasteiger partial charge is 0.369 e. The van der Waals surface area contributed by atoms with E-state index < -0.39 is 0 Å². The molecule has 0 aliphatic carbocycles. The normalized spacial score (nSPS) is 10.0. The Balaban J connectivity index is 2.81. The zero-order valence-corrected chi connectivity index (χ0v) is 7.42. The summed E-state index contributed by atoms with van der Waals surface area (Å²) >= 11 is 0. The van der Waals surface area contributed by atoms with Crippen LogP contribution in [0, 0.1) is 0 Å². The number of hydrogen-bond acceptors (Lipinski definition) is 3. The van der Waals surface area contributed by atoms with Crippen molar-refractivity contribution >= 4 is 18.5 Å². The van der Waals surface area contributed by atoms with Crippen LogP contribution >= 0.6 is 0 Å². The zero-order valence-electron chi connectivity index (χ0n) is 7.42. The van der Waals surface area contributed by atoms with Crippen molar-refractivity contribution in [2.45, 2.75) is 0 Å². The fraction of sp³-hybridized carbons (Fsp3) is 0. The van der Waals surface area contributed by atoms with E-state index in [-0.39, 0.29) is 5.96 Å². The first-order valence-electron chi connectivity index (χ1n) is 3.89. The van der Waals surface area contributed by atoms with Crippen molar-refractivity contribution < 1.29 is 4.79 Å². The van der Waals surface area contributed by atoms with Gasteiger partial charge in [-0.15, -0.1) is 5.10 Å². The summed E-state index contributed by atoms with van der Waals surface area (Å²) in [5, 5.41) is 7.04. The van der Waals surface area contributed by atoms with Crippen LogP contribution in [0.1, 0.15) is 15.9 Å². The van der Waals surface area contributed by atoms with Crippen LogP contribution in [0.3, 0.4) is 0 Å². The summed E-state index contributed by atoms with van der Waals surface area (Å²) in [5.41, 5.74) is 11.5. The third kappa shape index (κ3) is 3.06. The van der Waals surface area contributed by atoms with Crippen LogP contribution in [-0.2, 0) is 0 Å². The number of guanidine groups is 1. The van der Waals surface area contributed by atoms with Crippen LogP contribution in [0.2, 0.25) is 0 Å². The van der Waals surface area contributed by atoms with Gasteiger partial charge in [0.25, 0.3) is 0 Å². The van der Waals surface area contributed by atoms with Crippen molar-refractivity contribution in [3.05, 3.63) is 35.4 Å². The van der Waals surface area contributed by atoms with Gasteiger partial charge in [0.15, 0.2) is 0 Å². The quantitative estimate of drug-likeness (QED) is 0.306. The number of aldehydes is 1. The molecule has 1 rings (SSSR count). The maximum Gasteiger partial charge on any atom is 0.211 e. The summed E-state index contributed by atoms with van der Waals surface area (Å²) in [4.78, 5) is 10.4. The molecule has 0 heterocycles. The van der Waals surface area contributed by atoms with Gasteiger partial charge in [-0.1, -0.05) is 18.2 Å². The van der Waals surface area contributed by atoms with E-state index in [2.05, 4.69) is 10.2 Å². The number of benzene rings is 1. The average Bonchev–Trinajstić information content (AvgIpc) is 2.18. The Labute approximate surface area is 81.1 Å². The third-order valence-corrected chi connectivity index (χ3v) is 1.43. The van der Waals surface area contributed by atoms with Gasteiger partial charge in [-0.3, -0.25) is 4.79 Å². The molecule has 14 heavy (non-hydrogen) atoms. The van der Waals surface area contributed by atoms with Crippen molar-refractivity contribution in [2.24, 2.45) is 21.7 Å². The molecule has 0 bridgehead atoms. The first kappa shape index (κ1) is 9.91. The summed E-state index contributed by atoms with van der Waals surface area (Å²) in [7, 11) is 0. The van der Waals surface area contributed by atoms with E-state index in [1.165, 1.54) is 6.21 Å². The summed E-state index contributed by atoms with van der Waals surface area (Å²) < 4.78 is 0. The molecule has 0 aromatic heterocycles. The van der Waals surface area contributed by atoms with Crippen LogP contribution in [-0.4, -0.2) is 18.5 Å². The fourth-order valence-corrected chi connectivity index (χ4v) is 0.875. The first-order chi connectivity index (χ1) is 6.72. The number of carbonyl (C=O) groups excluding carboxylic acids is 1. The molecule has 5 heteroatoms. The minimum atomic E-state index is -0.104. The molecule has 0 atom stereocenters. The molecule has 0 spiro atoms. The molecule has 1 aromatic rings. The van der Waals surface area contributed by atoms with Gasteiger partial charge in [-0.2, -0.15) is 5.10 Å². The molecule has 0 saturated heterocycles. The lowest BCUT2D eigenvalue weighted by atomic mass is 10.1. The minimum Gasteiger partial charge on any atom is -0.369 e. The SMILES string of the molecule is NC(N)=NN=Cc1cccc(C=O)c1. The number of rotatable bonds is 3. The second-order valence-electron chi connectivity index (χ2n) is 2.56. The standard InChI is InChI=1S/C9H10N4O/c10-9(11)13-12-5-7-2-1-3-8(4-7)6-14/h1-6H,(H4,10,11,13). The van der Waals surface area contributed by atoms with E-state index in [0.29, 0.717) is 5.56 Å². The van der Waals surface area contributed by atoms with E-state index in [0.717, 1.165) is 11.8 Å². The molecule has 0 aliphatic heterocycles. The van der Waals surface area contributed by atoms with Crippen LogP contribution in [0.25, 0.3) is 0 Å². The van der Waals surface area contributed by atoms with Gasteiger partial charge < -0.3 is 11.5 Å². The molecule has 0 aliphatic rings. The second kappa shape index (κ2) is 4.76. The van der Waals surface area contributed by atoms with E-state index in [4.69, 9.17) is 11.5 Å². The van der Waals surface area contributed by atoms with Gasteiger partial charge in [-0.05, 0) is 11.6 Å². The molecule has 0 amide bonds. The van der Waals surface area contributed by atoms with E-state index >= 15 is 0 Å². The van der Waals surface area contributed by atoms with Crippen LogP contribution in [0.4, 0.5) is 0 Å². The summed E-state index contributed by atoms with van der Waals surface area (Å²) in [6, 6.07) is 6.92. The molecule has 5 nitrogen and oxygen atoms in total. The summed E-state index contributed by atoms with van der Waals surface area (Å²) in [5.74, 6) is -0.104. The highest BCUT2D eigenvalue weighted by atomic mass is 16.1. The van der Waals surface area contributed by atoms with Crippen LogP contribution < -0.4 is 11.5 Å². The van der Waals surface area contributed by atoms with Crippen molar-refractivity contribution in [1.82, 2.24) is 0 Å². The molecule has 0 saturated carbocycles. The van der Waals surface area contributed by atoms with Gasteiger partial charge >= 0.3 is 0 Å². The predicted molar refractivity (Wildman–Crippen MR) is 55.2 cm³/mol. The van der Waals surface area contributed by atoms with Crippen molar-refractivity contribution in [1.29, 1.82) is 0 Å². The molecule has 0 fully saturated rings. The van der Waals surface area contributed by atoms with Crippen molar-refractivity contribution in [2.75, 3.05) is 0 Å². The lowest BCUT2D eigenvalue weighted by Gasteiger charge is -1.92. The second-order valence-corrected chi connectivity index (χ2v) is 2.56. The Kier molecular flexibility index (Phi) is 3.37. The number of hydrogen-bond donors (Lipinski definition) is 2. The smallest absolute Gasteiger partial charge is 0.211 e. The third-order valence-electron chi connectivity index (χ3n) is 1.43. The minimum absolute atomic E-state index is 0.104. The highest BCUT2D eigenvalue weighted by molar-refractivity contribution is 5.85. The summed E-state index contributed by atoms with van der Waals surface area (Å²) in [6.45, 7) is 0. The van der Waals surface area contributed by atoms with E-state index in [1.807, 2.05) is 0 Å². The van der Waals surface area contributed by atoms with Gasteiger partial charge in [-0.25, -0.2) is 0 Å². The topological polar surface area (TPSA) is 93.8 Å². The molecular weight excluding hydrogens is 180 g/mol. The van der Waals surface area contributed by atoms with Crippen LogP contribution in [0.5, 0.6) is 0 Å². The Bertz CT molecular complexity index is 380. The number of nitrogens with two attached hydrogens (primary N) is 2. The lowest BCUT2D eigenvalue weighted by Crippen LogP contribution is -2.21. The highest BCUT2D eigenvalue weighted by Crippen LogP contribution is 2.00. The average molecular weight is 190 g/mol. The number of carbonyl (C=O) groups is 1. The molecule has 0 unspecified atom stereocenters. The Hall–Kier alpha value is -2.17. The first-order valence-corrected chi connectivity index (χ1v) is 3.89. The predicted octanol–water partition coefficient (Wildman–Crippen LogP) is 0.106. The fourth-order valence-electron chi connectivity index (χ4n) is 0.875. The maximum atomic E-state index is 10.4. The maximum absolute atomic E-state index is 10.4. The Morgan fingerprint density at radius 2 is 2.00 bits per heavy atom. The van der Waals surface area contributed by atoms with Crippen molar-refractivity contribution in [3.63, 3.8) is 0 Å².